The summed E-state index contributed by atoms with van der Waals surface area (Å²) in [6.45, 7) is 0. The molecule has 0 amide bonds. The van der Waals surface area contributed by atoms with Gasteiger partial charge >= 0.3 is 12.4 Å². The summed E-state index contributed by atoms with van der Waals surface area (Å²) in [6.07, 6.45) is -11.5. The van der Waals surface area contributed by atoms with Gasteiger partial charge in [0.25, 0.3) is 0 Å². The van der Waals surface area contributed by atoms with E-state index in [1.807, 2.05) is 0 Å². The van der Waals surface area contributed by atoms with Gasteiger partial charge in [0.15, 0.2) is 0 Å². The fraction of sp³-hybridized carbons (Fsp3) is 0.455. The van der Waals surface area contributed by atoms with Gasteiger partial charge in [-0.2, -0.15) is 26.3 Å². The zero-order chi connectivity index (χ0) is 16.6. The number of aliphatic hydroxyl groups is 1. The molecule has 0 saturated heterocycles. The number of aliphatic hydroxyl groups excluding tert-OH is 1. The molecule has 0 aliphatic heterocycles. The Morgan fingerprint density at radius 3 is 2.00 bits per heavy atom. The summed E-state index contributed by atoms with van der Waals surface area (Å²) in [7, 11) is -3.81. The molecule has 1 aromatic rings. The van der Waals surface area contributed by atoms with E-state index in [0.29, 0.717) is 18.4 Å². The lowest BCUT2D eigenvalue weighted by Crippen LogP contribution is -2.19. The quantitative estimate of drug-likeness (QED) is 0.864. The minimum absolute atomic E-state index is 0.152. The van der Waals surface area contributed by atoms with Gasteiger partial charge in [0.2, 0.25) is 0 Å². The fourth-order valence-corrected chi connectivity index (χ4v) is 2.40. The molecule has 0 spiro atoms. The molecule has 0 aliphatic rings. The number of rotatable bonds is 3. The number of alkyl halides is 6. The first-order valence-corrected chi connectivity index (χ1v) is 7.42. The molecule has 1 aromatic carbocycles. The minimum atomic E-state index is -5.16. The van der Waals surface area contributed by atoms with Crippen LogP contribution >= 0.6 is 0 Å². The van der Waals surface area contributed by atoms with E-state index < -0.39 is 50.7 Å². The normalized spacial score (nSPS) is 15.0. The second-order valence-electron chi connectivity index (χ2n) is 4.41. The number of benzene rings is 1. The average Bonchev–Trinajstić information content (AvgIpc) is 2.23. The Hall–Kier alpha value is -1.29. The molecule has 10 heteroatoms. The summed E-state index contributed by atoms with van der Waals surface area (Å²) in [6, 6.07) is 0.637. The standard InChI is InChI=1S/C11H10F6O3S/c1-21(19,20)5-9(18)7-3-2-6(10(12,13)14)4-8(7)11(15,16)17/h2-4,9,18H,5H2,1H3. The second-order valence-corrected chi connectivity index (χ2v) is 6.59. The smallest absolute Gasteiger partial charge is 0.387 e. The molecule has 120 valence electrons. The maximum absolute atomic E-state index is 12.8. The fourth-order valence-electron chi connectivity index (χ4n) is 1.65. The van der Waals surface area contributed by atoms with Crippen LogP contribution < -0.4 is 0 Å². The highest BCUT2D eigenvalue weighted by atomic mass is 32.2. The molecule has 1 unspecified atom stereocenters. The van der Waals surface area contributed by atoms with Crippen molar-refractivity contribution in [3.05, 3.63) is 34.9 Å². The van der Waals surface area contributed by atoms with Crippen molar-refractivity contribution >= 4 is 9.84 Å². The van der Waals surface area contributed by atoms with Gasteiger partial charge in [-0.15, -0.1) is 0 Å². The molecule has 1 atom stereocenters. The maximum Gasteiger partial charge on any atom is 0.416 e. The van der Waals surface area contributed by atoms with Crippen molar-refractivity contribution in [2.24, 2.45) is 0 Å². The first kappa shape index (κ1) is 17.8. The van der Waals surface area contributed by atoms with Gasteiger partial charge in [0, 0.05) is 6.26 Å². The van der Waals surface area contributed by atoms with E-state index in [-0.39, 0.29) is 6.07 Å². The predicted molar refractivity (Wildman–Crippen MR) is 61.1 cm³/mol. The van der Waals surface area contributed by atoms with E-state index in [9.17, 15) is 39.9 Å². The lowest BCUT2D eigenvalue weighted by atomic mass is 9.99. The predicted octanol–water partition coefficient (Wildman–Crippen LogP) is 2.80. The number of hydrogen-bond donors (Lipinski definition) is 1. The van der Waals surface area contributed by atoms with E-state index in [0.717, 1.165) is 0 Å². The van der Waals surface area contributed by atoms with Gasteiger partial charge < -0.3 is 5.11 Å². The van der Waals surface area contributed by atoms with Gasteiger partial charge in [-0.1, -0.05) is 6.07 Å². The van der Waals surface area contributed by atoms with Gasteiger partial charge in [-0.05, 0) is 17.7 Å². The van der Waals surface area contributed by atoms with Crippen LogP contribution in [0.2, 0.25) is 0 Å². The Morgan fingerprint density at radius 1 is 1.10 bits per heavy atom. The Labute approximate surface area is 116 Å². The van der Waals surface area contributed by atoms with Crippen LogP contribution in [0.1, 0.15) is 22.8 Å². The summed E-state index contributed by atoms with van der Waals surface area (Å²) < 4.78 is 97.6. The van der Waals surface area contributed by atoms with Crippen LogP contribution in [0.3, 0.4) is 0 Å². The second kappa shape index (κ2) is 5.48. The third kappa shape index (κ3) is 4.88. The summed E-state index contributed by atoms with van der Waals surface area (Å²) in [4.78, 5) is 0. The van der Waals surface area contributed by atoms with E-state index in [1.54, 1.807) is 0 Å². The Kier molecular flexibility index (Phi) is 4.64. The molecule has 0 aromatic heterocycles. The van der Waals surface area contributed by atoms with Crippen LogP contribution in [0.25, 0.3) is 0 Å². The summed E-state index contributed by atoms with van der Waals surface area (Å²) in [5, 5.41) is 9.53. The van der Waals surface area contributed by atoms with Crippen LogP contribution in [0, 0.1) is 0 Å². The third-order valence-corrected chi connectivity index (χ3v) is 3.43. The van der Waals surface area contributed by atoms with Crippen molar-refractivity contribution < 1.29 is 39.9 Å². The van der Waals surface area contributed by atoms with Crippen molar-refractivity contribution in [3.63, 3.8) is 0 Å². The van der Waals surface area contributed by atoms with Crippen LogP contribution in [0.15, 0.2) is 18.2 Å². The van der Waals surface area contributed by atoms with Crippen LogP contribution in [0.5, 0.6) is 0 Å². The zero-order valence-electron chi connectivity index (χ0n) is 10.5. The Balaban J connectivity index is 3.40. The van der Waals surface area contributed by atoms with Crippen molar-refractivity contribution in [3.8, 4) is 0 Å². The molecule has 21 heavy (non-hydrogen) atoms. The van der Waals surface area contributed by atoms with Gasteiger partial charge in [-0.3, -0.25) is 0 Å². The largest absolute Gasteiger partial charge is 0.416 e. The van der Waals surface area contributed by atoms with Crippen molar-refractivity contribution in [2.75, 3.05) is 12.0 Å². The maximum atomic E-state index is 12.8. The SMILES string of the molecule is CS(=O)(=O)CC(O)c1ccc(C(F)(F)F)cc1C(F)(F)F. The van der Waals surface area contributed by atoms with Gasteiger partial charge in [0.05, 0.1) is 23.0 Å². The summed E-state index contributed by atoms with van der Waals surface area (Å²) in [5.41, 5.74) is -4.17. The molecule has 0 radical (unpaired) electrons. The molecule has 3 nitrogen and oxygen atoms in total. The van der Waals surface area contributed by atoms with Crippen molar-refractivity contribution in [1.82, 2.24) is 0 Å². The topological polar surface area (TPSA) is 54.4 Å². The molecular weight excluding hydrogens is 326 g/mol. The highest BCUT2D eigenvalue weighted by Gasteiger charge is 2.39. The van der Waals surface area contributed by atoms with E-state index in [4.69, 9.17) is 0 Å². The first-order chi connectivity index (χ1) is 9.22. The molecule has 0 aliphatic carbocycles. The van der Waals surface area contributed by atoms with Gasteiger partial charge in [0.1, 0.15) is 9.84 Å². The Bertz CT molecular complexity index is 618. The van der Waals surface area contributed by atoms with Crippen LogP contribution in [-0.4, -0.2) is 25.5 Å². The van der Waals surface area contributed by atoms with E-state index in [1.165, 1.54) is 0 Å². The van der Waals surface area contributed by atoms with E-state index >= 15 is 0 Å². The minimum Gasteiger partial charge on any atom is -0.387 e. The van der Waals surface area contributed by atoms with E-state index in [2.05, 4.69) is 0 Å². The van der Waals surface area contributed by atoms with Crippen LogP contribution in [0.4, 0.5) is 26.3 Å². The number of sulfone groups is 1. The molecule has 1 N–H and O–H groups in total. The first-order valence-electron chi connectivity index (χ1n) is 5.36. The highest BCUT2D eigenvalue weighted by Crippen LogP contribution is 2.39. The monoisotopic (exact) mass is 336 g/mol. The van der Waals surface area contributed by atoms with Crippen molar-refractivity contribution in [2.45, 2.75) is 18.5 Å². The highest BCUT2D eigenvalue weighted by molar-refractivity contribution is 7.90. The summed E-state index contributed by atoms with van der Waals surface area (Å²) >= 11 is 0. The number of halogens is 6. The van der Waals surface area contributed by atoms with Crippen molar-refractivity contribution in [1.29, 1.82) is 0 Å². The molecular formula is C11H10F6O3S. The lowest BCUT2D eigenvalue weighted by Gasteiger charge is -2.19. The molecule has 0 heterocycles. The van der Waals surface area contributed by atoms with Gasteiger partial charge in [-0.25, -0.2) is 8.42 Å². The molecule has 0 saturated carbocycles. The average molecular weight is 336 g/mol. The zero-order valence-corrected chi connectivity index (χ0v) is 11.3. The third-order valence-electron chi connectivity index (χ3n) is 2.51. The number of hydrogen-bond acceptors (Lipinski definition) is 3. The Morgan fingerprint density at radius 2 is 1.62 bits per heavy atom. The summed E-state index contributed by atoms with van der Waals surface area (Å²) in [5.74, 6) is -1.03. The molecule has 0 fully saturated rings. The lowest BCUT2D eigenvalue weighted by molar-refractivity contribution is -0.144. The molecule has 0 bridgehead atoms. The van der Waals surface area contributed by atoms with Crippen LogP contribution in [-0.2, 0) is 22.2 Å². The molecule has 1 rings (SSSR count).